The van der Waals surface area contributed by atoms with Crippen LogP contribution in [0.25, 0.3) is 11.1 Å². The first kappa shape index (κ1) is 21.2. The number of oxazole rings is 1. The van der Waals surface area contributed by atoms with E-state index in [4.69, 9.17) is 16.0 Å². The molecule has 0 spiro atoms. The van der Waals surface area contributed by atoms with Crippen LogP contribution in [0, 0.1) is 0 Å². The van der Waals surface area contributed by atoms with E-state index in [-0.39, 0.29) is 24.8 Å². The summed E-state index contributed by atoms with van der Waals surface area (Å²) < 4.78 is 6.60. The van der Waals surface area contributed by atoms with Gasteiger partial charge in [-0.05, 0) is 49.1 Å². The number of piperidine rings is 1. The summed E-state index contributed by atoms with van der Waals surface area (Å²) in [6.45, 7) is 2.20. The molecule has 8 heteroatoms. The van der Waals surface area contributed by atoms with Crippen LogP contribution in [-0.2, 0) is 17.9 Å². The zero-order valence-electron chi connectivity index (χ0n) is 17.1. The number of benzene rings is 2. The highest BCUT2D eigenvalue weighted by molar-refractivity contribution is 6.31. The number of nitrogens with one attached hydrogen (secondary N) is 1. The summed E-state index contributed by atoms with van der Waals surface area (Å²) in [4.78, 5) is 38.7. The van der Waals surface area contributed by atoms with Gasteiger partial charge in [-0.3, -0.25) is 14.2 Å². The van der Waals surface area contributed by atoms with E-state index in [0.29, 0.717) is 28.2 Å². The molecule has 1 aliphatic heterocycles. The fraction of sp³-hybridized carbons (Fsp3) is 0.348. The predicted molar refractivity (Wildman–Crippen MR) is 118 cm³/mol. The van der Waals surface area contributed by atoms with E-state index >= 15 is 0 Å². The number of amides is 2. The standard InChI is InChI=1S/C23H24ClN3O4/c24-18-8-9-19-20(14-18)31-23(30)27(19)13-10-21(28)25-15-16-4-6-17(7-5-16)22(29)26-11-2-1-3-12-26/h4-9,14H,1-3,10-13,15H2,(H,25,28). The van der Waals surface area contributed by atoms with Crippen molar-refractivity contribution in [2.24, 2.45) is 0 Å². The van der Waals surface area contributed by atoms with Gasteiger partial charge in [0.15, 0.2) is 5.58 Å². The van der Waals surface area contributed by atoms with Gasteiger partial charge in [0.25, 0.3) is 5.91 Å². The van der Waals surface area contributed by atoms with Crippen molar-refractivity contribution >= 4 is 34.5 Å². The van der Waals surface area contributed by atoms with Crippen molar-refractivity contribution in [3.63, 3.8) is 0 Å². The molecule has 162 valence electrons. The third-order valence-corrected chi connectivity index (χ3v) is 5.76. The van der Waals surface area contributed by atoms with Gasteiger partial charge in [-0.15, -0.1) is 0 Å². The van der Waals surface area contributed by atoms with Crippen LogP contribution in [0.3, 0.4) is 0 Å². The van der Waals surface area contributed by atoms with Crippen LogP contribution in [0.2, 0.25) is 5.02 Å². The second kappa shape index (κ2) is 9.39. The van der Waals surface area contributed by atoms with Crippen molar-refractivity contribution in [3.8, 4) is 0 Å². The average Bonchev–Trinajstić information content (AvgIpc) is 3.10. The molecule has 1 fully saturated rings. The van der Waals surface area contributed by atoms with Gasteiger partial charge in [-0.1, -0.05) is 23.7 Å². The summed E-state index contributed by atoms with van der Waals surface area (Å²) in [6, 6.07) is 12.3. The van der Waals surface area contributed by atoms with Crippen molar-refractivity contribution in [2.45, 2.75) is 38.8 Å². The molecule has 1 N–H and O–H groups in total. The molecule has 2 amide bonds. The van der Waals surface area contributed by atoms with Crippen molar-refractivity contribution in [1.29, 1.82) is 0 Å². The van der Waals surface area contributed by atoms with Crippen LogP contribution in [-0.4, -0.2) is 34.4 Å². The summed E-state index contributed by atoms with van der Waals surface area (Å²) >= 11 is 5.92. The van der Waals surface area contributed by atoms with E-state index in [0.717, 1.165) is 31.5 Å². The number of fused-ring (bicyclic) bond motifs is 1. The van der Waals surface area contributed by atoms with Gasteiger partial charge in [0.2, 0.25) is 5.91 Å². The lowest BCUT2D eigenvalue weighted by molar-refractivity contribution is -0.121. The molecule has 4 rings (SSSR count). The summed E-state index contributed by atoms with van der Waals surface area (Å²) in [5, 5.41) is 3.33. The maximum atomic E-state index is 12.5. The second-order valence-corrected chi connectivity index (χ2v) is 8.14. The summed E-state index contributed by atoms with van der Waals surface area (Å²) in [7, 11) is 0. The third-order valence-electron chi connectivity index (χ3n) is 5.53. The van der Waals surface area contributed by atoms with Crippen molar-refractivity contribution in [3.05, 3.63) is 69.2 Å². The number of carbonyl (C=O) groups excluding carboxylic acids is 2. The number of aryl methyl sites for hydroxylation is 1. The molecule has 2 aromatic carbocycles. The Balaban J connectivity index is 1.29. The first-order chi connectivity index (χ1) is 15.0. The van der Waals surface area contributed by atoms with E-state index in [2.05, 4.69) is 5.32 Å². The summed E-state index contributed by atoms with van der Waals surface area (Å²) in [6.07, 6.45) is 3.44. The number of carbonyl (C=O) groups is 2. The van der Waals surface area contributed by atoms with Crippen LogP contribution >= 0.6 is 11.6 Å². The molecule has 1 saturated heterocycles. The first-order valence-corrected chi connectivity index (χ1v) is 10.8. The molecule has 31 heavy (non-hydrogen) atoms. The Labute approximate surface area is 184 Å². The second-order valence-electron chi connectivity index (χ2n) is 7.71. The Morgan fingerprint density at radius 3 is 2.52 bits per heavy atom. The molecule has 0 unspecified atom stereocenters. The minimum absolute atomic E-state index is 0.0642. The van der Waals surface area contributed by atoms with Gasteiger partial charge in [0, 0.05) is 49.3 Å². The van der Waals surface area contributed by atoms with Gasteiger partial charge in [-0.25, -0.2) is 4.79 Å². The lowest BCUT2D eigenvalue weighted by Crippen LogP contribution is -2.35. The number of rotatable bonds is 6. The van der Waals surface area contributed by atoms with E-state index in [1.54, 1.807) is 30.3 Å². The SMILES string of the molecule is O=C(CCn1c(=O)oc2cc(Cl)ccc21)NCc1ccc(C(=O)N2CCCCC2)cc1. The Morgan fingerprint density at radius 2 is 1.77 bits per heavy atom. The Morgan fingerprint density at radius 1 is 1.03 bits per heavy atom. The van der Waals surface area contributed by atoms with Crippen LogP contribution < -0.4 is 11.1 Å². The summed E-state index contributed by atoms with van der Waals surface area (Å²) in [5.74, 6) is -0.628. The van der Waals surface area contributed by atoms with Crippen molar-refractivity contribution in [1.82, 2.24) is 14.8 Å². The number of hydrogen-bond acceptors (Lipinski definition) is 4. The van der Waals surface area contributed by atoms with Gasteiger partial charge >= 0.3 is 5.76 Å². The quantitative estimate of drug-likeness (QED) is 0.633. The van der Waals surface area contributed by atoms with Crippen molar-refractivity contribution in [2.75, 3.05) is 13.1 Å². The highest BCUT2D eigenvalue weighted by Crippen LogP contribution is 2.18. The molecular weight excluding hydrogens is 418 g/mol. The summed E-state index contributed by atoms with van der Waals surface area (Å²) in [5.41, 5.74) is 2.58. The molecule has 1 aliphatic rings. The molecule has 2 heterocycles. The van der Waals surface area contributed by atoms with E-state index < -0.39 is 5.76 Å². The van der Waals surface area contributed by atoms with Crippen LogP contribution in [0.1, 0.15) is 41.6 Å². The van der Waals surface area contributed by atoms with Crippen molar-refractivity contribution < 1.29 is 14.0 Å². The van der Waals surface area contributed by atoms with Gasteiger partial charge in [0.1, 0.15) is 0 Å². The topological polar surface area (TPSA) is 84.5 Å². The Hall–Kier alpha value is -3.06. The third kappa shape index (κ3) is 4.99. The highest BCUT2D eigenvalue weighted by atomic mass is 35.5. The fourth-order valence-corrected chi connectivity index (χ4v) is 3.96. The molecule has 3 aromatic rings. The smallest absolute Gasteiger partial charge is 0.408 e. The highest BCUT2D eigenvalue weighted by Gasteiger charge is 2.18. The molecule has 0 saturated carbocycles. The minimum Gasteiger partial charge on any atom is -0.408 e. The maximum Gasteiger partial charge on any atom is 0.419 e. The van der Waals surface area contributed by atoms with Gasteiger partial charge in [0.05, 0.1) is 5.52 Å². The molecule has 1 aromatic heterocycles. The largest absolute Gasteiger partial charge is 0.419 e. The number of hydrogen-bond donors (Lipinski definition) is 1. The lowest BCUT2D eigenvalue weighted by Gasteiger charge is -2.26. The predicted octanol–water partition coefficient (Wildman–Crippen LogP) is 3.58. The van der Waals surface area contributed by atoms with E-state index in [1.165, 1.54) is 11.0 Å². The zero-order chi connectivity index (χ0) is 21.8. The first-order valence-electron chi connectivity index (χ1n) is 10.4. The minimum atomic E-state index is -0.515. The molecular formula is C23H24ClN3O4. The molecule has 0 bridgehead atoms. The number of aromatic nitrogens is 1. The van der Waals surface area contributed by atoms with Crippen LogP contribution in [0.15, 0.2) is 51.7 Å². The van der Waals surface area contributed by atoms with E-state index in [9.17, 15) is 14.4 Å². The van der Waals surface area contributed by atoms with Crippen LogP contribution in [0.5, 0.6) is 0 Å². The molecule has 0 aliphatic carbocycles. The zero-order valence-corrected chi connectivity index (χ0v) is 17.9. The van der Waals surface area contributed by atoms with Gasteiger partial charge < -0.3 is 14.6 Å². The maximum absolute atomic E-state index is 12.5. The Kier molecular flexibility index (Phi) is 6.42. The lowest BCUT2D eigenvalue weighted by atomic mass is 10.1. The molecule has 7 nitrogen and oxygen atoms in total. The van der Waals surface area contributed by atoms with Gasteiger partial charge in [-0.2, -0.15) is 0 Å². The number of halogens is 1. The van der Waals surface area contributed by atoms with Crippen LogP contribution in [0.4, 0.5) is 0 Å². The molecule has 0 radical (unpaired) electrons. The average molecular weight is 442 g/mol. The molecule has 0 atom stereocenters. The fourth-order valence-electron chi connectivity index (χ4n) is 3.80. The normalized spacial score (nSPS) is 14.0. The monoisotopic (exact) mass is 441 g/mol. The number of likely N-dealkylation sites (tertiary alicyclic amines) is 1. The Bertz CT molecular complexity index is 1140. The number of nitrogens with zero attached hydrogens (tertiary/aromatic N) is 2. The van der Waals surface area contributed by atoms with E-state index in [1.807, 2.05) is 17.0 Å².